The first-order valence-corrected chi connectivity index (χ1v) is 11.8. The lowest BCUT2D eigenvalue weighted by molar-refractivity contribution is 0.579. The number of hydrogen-bond acceptors (Lipinski definition) is 4. The Kier molecular flexibility index (Phi) is 6.03. The van der Waals surface area contributed by atoms with Gasteiger partial charge in [-0.25, -0.2) is 21.6 Å². The van der Waals surface area contributed by atoms with Crippen molar-refractivity contribution in [1.29, 1.82) is 0 Å². The van der Waals surface area contributed by atoms with E-state index in [2.05, 4.69) is 4.72 Å². The number of nitrogens with zero attached hydrogens (tertiary/aromatic N) is 1. The van der Waals surface area contributed by atoms with E-state index in [0.29, 0.717) is 10.6 Å². The lowest BCUT2D eigenvalue weighted by Gasteiger charge is -2.18. The molecular weight excluding hydrogens is 384 g/mol. The van der Waals surface area contributed by atoms with Crippen LogP contribution in [0.15, 0.2) is 35.2 Å². The smallest absolute Gasteiger partial charge is 0.241 e. The monoisotopic (exact) mass is 410 g/mol. The Morgan fingerprint density at radius 3 is 1.81 bits per heavy atom. The second-order valence-corrected chi connectivity index (χ2v) is 10.5. The van der Waals surface area contributed by atoms with E-state index in [-0.39, 0.29) is 6.54 Å². The van der Waals surface area contributed by atoms with Crippen LogP contribution in [0, 0.1) is 27.7 Å². The molecule has 0 aromatic heterocycles. The fraction of sp³-hybridized carbons (Fsp3) is 0.368. The molecule has 0 heterocycles. The maximum Gasteiger partial charge on any atom is 0.241 e. The van der Waals surface area contributed by atoms with Gasteiger partial charge < -0.3 is 0 Å². The Hall–Kier alpha value is -1.90. The topological polar surface area (TPSA) is 83.6 Å². The number of benzene rings is 2. The molecule has 8 heteroatoms. The van der Waals surface area contributed by atoms with Crippen molar-refractivity contribution in [2.45, 2.75) is 39.1 Å². The first kappa shape index (κ1) is 21.4. The molecule has 0 saturated carbocycles. The van der Waals surface area contributed by atoms with E-state index in [0.717, 1.165) is 34.1 Å². The van der Waals surface area contributed by atoms with Crippen molar-refractivity contribution in [1.82, 2.24) is 4.72 Å². The molecule has 2 rings (SSSR count). The van der Waals surface area contributed by atoms with Crippen molar-refractivity contribution in [3.05, 3.63) is 58.1 Å². The second kappa shape index (κ2) is 7.61. The van der Waals surface area contributed by atoms with Crippen LogP contribution >= 0.6 is 0 Å². The summed E-state index contributed by atoms with van der Waals surface area (Å²) in [7, 11) is -5.54. The molecule has 0 amide bonds. The summed E-state index contributed by atoms with van der Waals surface area (Å²) in [5, 5.41) is 0. The quantitative estimate of drug-likeness (QED) is 0.794. The third-order valence-corrected chi connectivity index (χ3v) is 7.71. The van der Waals surface area contributed by atoms with Gasteiger partial charge in [-0.3, -0.25) is 4.31 Å². The van der Waals surface area contributed by atoms with Gasteiger partial charge >= 0.3 is 0 Å². The van der Waals surface area contributed by atoms with Gasteiger partial charge in [-0.05, 0) is 67.6 Å². The van der Waals surface area contributed by atoms with Crippen LogP contribution in [-0.2, 0) is 26.6 Å². The van der Waals surface area contributed by atoms with Crippen molar-refractivity contribution in [2.24, 2.45) is 0 Å². The SMILES string of the molecule is Cc1cc(C)c(C)c(S(=O)(=O)NCc2ccc(N(C)S(C)(=O)=O)cc2)c1C. The lowest BCUT2D eigenvalue weighted by Crippen LogP contribution is -2.26. The molecule has 0 atom stereocenters. The molecule has 0 radical (unpaired) electrons. The van der Waals surface area contributed by atoms with Crippen LogP contribution in [0.3, 0.4) is 0 Å². The van der Waals surface area contributed by atoms with Crippen LogP contribution < -0.4 is 9.03 Å². The van der Waals surface area contributed by atoms with E-state index >= 15 is 0 Å². The molecule has 0 fully saturated rings. The van der Waals surface area contributed by atoms with Crippen LogP contribution in [0.4, 0.5) is 5.69 Å². The summed E-state index contributed by atoms with van der Waals surface area (Å²) < 4.78 is 52.7. The standard InChI is InChI=1S/C19H26N2O4S2/c1-13-11-14(2)16(4)19(15(13)3)27(24,25)20-12-17-7-9-18(10-8-17)21(5)26(6,22)23/h7-11,20H,12H2,1-6H3. The molecule has 6 nitrogen and oxygen atoms in total. The summed E-state index contributed by atoms with van der Waals surface area (Å²) in [5.41, 5.74) is 4.62. The van der Waals surface area contributed by atoms with Crippen LogP contribution in [0.1, 0.15) is 27.8 Å². The van der Waals surface area contributed by atoms with E-state index < -0.39 is 20.0 Å². The van der Waals surface area contributed by atoms with Crippen LogP contribution in [0.25, 0.3) is 0 Å². The predicted octanol–water partition coefficient (Wildman–Crippen LogP) is 2.79. The Bertz CT molecular complexity index is 1030. The van der Waals surface area contributed by atoms with Gasteiger partial charge in [0, 0.05) is 13.6 Å². The maximum atomic E-state index is 12.9. The molecule has 0 aliphatic carbocycles. The third kappa shape index (κ3) is 4.69. The zero-order valence-electron chi connectivity index (χ0n) is 16.5. The molecule has 0 aliphatic rings. The van der Waals surface area contributed by atoms with Gasteiger partial charge in [0.25, 0.3) is 0 Å². The van der Waals surface area contributed by atoms with E-state index in [1.54, 1.807) is 24.3 Å². The van der Waals surface area contributed by atoms with Crippen molar-refractivity contribution >= 4 is 25.7 Å². The summed E-state index contributed by atoms with van der Waals surface area (Å²) >= 11 is 0. The average molecular weight is 411 g/mol. The van der Waals surface area contributed by atoms with Crippen molar-refractivity contribution in [2.75, 3.05) is 17.6 Å². The number of rotatable bonds is 6. The van der Waals surface area contributed by atoms with Gasteiger partial charge in [-0.1, -0.05) is 18.2 Å². The first-order valence-electron chi connectivity index (χ1n) is 8.44. The summed E-state index contributed by atoms with van der Waals surface area (Å²) in [6.07, 6.45) is 1.13. The number of aryl methyl sites for hydroxylation is 2. The minimum atomic E-state index is -3.67. The Labute approximate surface area is 162 Å². The Morgan fingerprint density at radius 1 is 0.889 bits per heavy atom. The lowest BCUT2D eigenvalue weighted by atomic mass is 10.0. The minimum absolute atomic E-state index is 0.122. The summed E-state index contributed by atoms with van der Waals surface area (Å²) in [6.45, 7) is 7.55. The fourth-order valence-electron chi connectivity index (χ4n) is 2.85. The van der Waals surface area contributed by atoms with Gasteiger partial charge in [0.2, 0.25) is 20.0 Å². The van der Waals surface area contributed by atoms with Gasteiger partial charge in [0.1, 0.15) is 0 Å². The van der Waals surface area contributed by atoms with Gasteiger partial charge in [0.15, 0.2) is 0 Å². The van der Waals surface area contributed by atoms with Crippen LogP contribution in [0.5, 0.6) is 0 Å². The molecule has 2 aromatic carbocycles. The maximum absolute atomic E-state index is 12.9. The minimum Gasteiger partial charge on any atom is -0.274 e. The first-order chi connectivity index (χ1) is 12.3. The van der Waals surface area contributed by atoms with Gasteiger partial charge in [-0.2, -0.15) is 0 Å². The molecule has 0 aliphatic heterocycles. The molecule has 0 bridgehead atoms. The highest BCUT2D eigenvalue weighted by molar-refractivity contribution is 7.92. The zero-order chi connectivity index (χ0) is 20.6. The molecule has 0 saturated heterocycles. The molecule has 1 N–H and O–H groups in total. The molecule has 148 valence electrons. The number of nitrogens with one attached hydrogen (secondary N) is 1. The third-order valence-electron chi connectivity index (χ3n) is 4.83. The van der Waals surface area contributed by atoms with Gasteiger partial charge in [-0.15, -0.1) is 0 Å². The average Bonchev–Trinajstić information content (AvgIpc) is 2.57. The fourth-order valence-corrected chi connectivity index (χ4v) is 4.98. The summed E-state index contributed by atoms with van der Waals surface area (Å²) in [6, 6.07) is 8.71. The number of hydrogen-bond donors (Lipinski definition) is 1. The van der Waals surface area contributed by atoms with E-state index in [9.17, 15) is 16.8 Å². The molecule has 0 spiro atoms. The zero-order valence-corrected chi connectivity index (χ0v) is 18.1. The van der Waals surface area contributed by atoms with Crippen molar-refractivity contribution in [3.63, 3.8) is 0 Å². The Morgan fingerprint density at radius 2 is 1.37 bits per heavy atom. The number of anilines is 1. The summed E-state index contributed by atoms with van der Waals surface area (Å²) in [4.78, 5) is 0.327. The molecular formula is C19H26N2O4S2. The highest BCUT2D eigenvalue weighted by Gasteiger charge is 2.22. The summed E-state index contributed by atoms with van der Waals surface area (Å²) in [5.74, 6) is 0. The van der Waals surface area contributed by atoms with Crippen LogP contribution in [0.2, 0.25) is 0 Å². The van der Waals surface area contributed by atoms with Crippen molar-refractivity contribution < 1.29 is 16.8 Å². The van der Waals surface area contributed by atoms with E-state index in [4.69, 9.17) is 0 Å². The number of sulfonamides is 2. The normalized spacial score (nSPS) is 12.2. The van der Waals surface area contributed by atoms with Crippen molar-refractivity contribution in [3.8, 4) is 0 Å². The largest absolute Gasteiger partial charge is 0.274 e. The van der Waals surface area contributed by atoms with E-state index in [1.807, 2.05) is 33.8 Å². The molecule has 27 heavy (non-hydrogen) atoms. The van der Waals surface area contributed by atoms with E-state index in [1.165, 1.54) is 11.4 Å². The second-order valence-electron chi connectivity index (χ2n) is 6.81. The highest BCUT2D eigenvalue weighted by Crippen LogP contribution is 2.26. The molecule has 2 aromatic rings. The van der Waals surface area contributed by atoms with Gasteiger partial charge in [0.05, 0.1) is 16.8 Å². The van der Waals surface area contributed by atoms with Crippen LogP contribution in [-0.4, -0.2) is 30.1 Å². The Balaban J connectivity index is 2.24. The highest BCUT2D eigenvalue weighted by atomic mass is 32.2. The molecule has 0 unspecified atom stereocenters. The predicted molar refractivity (Wildman–Crippen MR) is 109 cm³/mol.